The van der Waals surface area contributed by atoms with Gasteiger partial charge < -0.3 is 4.90 Å². The number of nitrogens with zero attached hydrogens (tertiary/aromatic N) is 4. The van der Waals surface area contributed by atoms with Crippen LogP contribution in [0.5, 0.6) is 0 Å². The fourth-order valence-corrected chi connectivity index (χ4v) is 4.35. The Bertz CT molecular complexity index is 625. The van der Waals surface area contributed by atoms with Gasteiger partial charge in [-0.1, -0.05) is 12.2 Å². The summed E-state index contributed by atoms with van der Waals surface area (Å²) in [5, 5.41) is 11.2. The number of allylic oxidation sites excluding steroid dienone is 2. The van der Waals surface area contributed by atoms with Crippen molar-refractivity contribution in [1.82, 2.24) is 9.88 Å². The first-order valence-corrected chi connectivity index (χ1v) is 8.46. The summed E-state index contributed by atoms with van der Waals surface area (Å²) >= 11 is 0. The van der Waals surface area contributed by atoms with E-state index in [4.69, 9.17) is 0 Å². The summed E-state index contributed by atoms with van der Waals surface area (Å²) in [5.41, 5.74) is 0.110. The largest absolute Gasteiger partial charge is 0.348 e. The highest BCUT2D eigenvalue weighted by Gasteiger charge is 2.37. The van der Waals surface area contributed by atoms with Gasteiger partial charge in [-0.2, -0.15) is 0 Å². The Labute approximate surface area is 135 Å². The molecule has 1 aliphatic heterocycles. The minimum atomic E-state index is -0.337. The molecule has 1 saturated carbocycles. The van der Waals surface area contributed by atoms with E-state index in [0.29, 0.717) is 5.82 Å². The lowest BCUT2D eigenvalue weighted by Crippen LogP contribution is -2.48. The van der Waals surface area contributed by atoms with Gasteiger partial charge >= 0.3 is 5.69 Å². The van der Waals surface area contributed by atoms with Gasteiger partial charge in [0.2, 0.25) is 5.82 Å². The summed E-state index contributed by atoms with van der Waals surface area (Å²) in [7, 11) is 0. The highest BCUT2D eigenvalue weighted by atomic mass is 16.6. The first-order chi connectivity index (χ1) is 11.2. The molecule has 23 heavy (non-hydrogen) atoms. The van der Waals surface area contributed by atoms with E-state index in [-0.39, 0.29) is 10.6 Å². The van der Waals surface area contributed by atoms with Crippen molar-refractivity contribution < 1.29 is 4.92 Å². The van der Waals surface area contributed by atoms with Gasteiger partial charge in [0.25, 0.3) is 0 Å². The van der Waals surface area contributed by atoms with Gasteiger partial charge in [0.05, 0.1) is 4.92 Å². The second-order valence-corrected chi connectivity index (χ2v) is 6.93. The van der Waals surface area contributed by atoms with E-state index in [1.807, 2.05) is 0 Å². The Balaban J connectivity index is 1.36. The van der Waals surface area contributed by atoms with Crippen LogP contribution in [0.4, 0.5) is 11.5 Å². The van der Waals surface area contributed by atoms with E-state index in [1.165, 1.54) is 25.5 Å². The lowest BCUT2D eigenvalue weighted by Gasteiger charge is -2.37. The van der Waals surface area contributed by atoms with Crippen LogP contribution in [0.15, 0.2) is 30.5 Å². The Morgan fingerprint density at radius 2 is 2.04 bits per heavy atom. The van der Waals surface area contributed by atoms with Gasteiger partial charge in [0.1, 0.15) is 0 Å². The second kappa shape index (κ2) is 5.92. The molecule has 1 aromatic heterocycles. The number of nitro groups is 1. The molecule has 0 aromatic carbocycles. The summed E-state index contributed by atoms with van der Waals surface area (Å²) < 4.78 is 0. The molecule has 0 spiro atoms. The van der Waals surface area contributed by atoms with Crippen LogP contribution in [0.3, 0.4) is 0 Å². The molecule has 2 fully saturated rings. The summed E-state index contributed by atoms with van der Waals surface area (Å²) in [6, 6.07) is 3.16. The average molecular weight is 314 g/mol. The monoisotopic (exact) mass is 314 g/mol. The zero-order valence-electron chi connectivity index (χ0n) is 13.2. The third-order valence-electron chi connectivity index (χ3n) is 5.54. The maximum atomic E-state index is 11.2. The highest BCUT2D eigenvalue weighted by Crippen LogP contribution is 2.43. The smallest absolute Gasteiger partial charge is 0.311 e. The van der Waals surface area contributed by atoms with Crippen molar-refractivity contribution in [2.45, 2.75) is 12.8 Å². The second-order valence-electron chi connectivity index (χ2n) is 6.93. The van der Waals surface area contributed by atoms with Crippen molar-refractivity contribution in [3.8, 4) is 0 Å². The molecule has 122 valence electrons. The Hall–Kier alpha value is -1.95. The van der Waals surface area contributed by atoms with E-state index in [1.54, 1.807) is 12.3 Å². The molecule has 2 heterocycles. The van der Waals surface area contributed by atoms with Crippen molar-refractivity contribution in [1.29, 1.82) is 0 Å². The van der Waals surface area contributed by atoms with E-state index in [2.05, 4.69) is 26.9 Å². The SMILES string of the molecule is O=[N+]([O-])c1cccnc1N1CCN(CC2CC3C=CC2C3)CC1. The zero-order chi connectivity index (χ0) is 15.8. The number of aromatic nitrogens is 1. The summed E-state index contributed by atoms with van der Waals surface area (Å²) in [4.78, 5) is 19.6. The van der Waals surface area contributed by atoms with Gasteiger partial charge in [-0.15, -0.1) is 0 Å². The van der Waals surface area contributed by atoms with Gasteiger partial charge in [-0.25, -0.2) is 4.98 Å². The highest BCUT2D eigenvalue weighted by molar-refractivity contribution is 5.57. The van der Waals surface area contributed by atoms with E-state index < -0.39 is 0 Å². The molecule has 6 heteroatoms. The van der Waals surface area contributed by atoms with Crippen LogP contribution in [-0.2, 0) is 0 Å². The lowest BCUT2D eigenvalue weighted by atomic mass is 9.93. The predicted molar refractivity (Wildman–Crippen MR) is 88.4 cm³/mol. The van der Waals surface area contributed by atoms with Gasteiger partial charge in [0.15, 0.2) is 0 Å². The number of hydrogen-bond acceptors (Lipinski definition) is 5. The van der Waals surface area contributed by atoms with E-state index in [9.17, 15) is 10.1 Å². The van der Waals surface area contributed by atoms with Gasteiger partial charge in [-0.3, -0.25) is 15.0 Å². The van der Waals surface area contributed by atoms with Crippen LogP contribution in [0.25, 0.3) is 0 Å². The van der Waals surface area contributed by atoms with E-state index >= 15 is 0 Å². The third kappa shape index (κ3) is 2.83. The molecule has 3 atom stereocenters. The van der Waals surface area contributed by atoms with Gasteiger partial charge in [-0.05, 0) is 36.7 Å². The summed E-state index contributed by atoms with van der Waals surface area (Å²) in [6.45, 7) is 4.73. The Morgan fingerprint density at radius 3 is 2.70 bits per heavy atom. The zero-order valence-corrected chi connectivity index (χ0v) is 13.2. The maximum Gasteiger partial charge on any atom is 0.311 e. The number of hydrogen-bond donors (Lipinski definition) is 0. The van der Waals surface area contributed by atoms with Crippen molar-refractivity contribution in [2.75, 3.05) is 37.6 Å². The van der Waals surface area contributed by atoms with E-state index in [0.717, 1.165) is 43.9 Å². The molecular formula is C17H22N4O2. The van der Waals surface area contributed by atoms with Crippen LogP contribution < -0.4 is 4.90 Å². The number of pyridine rings is 1. The lowest BCUT2D eigenvalue weighted by molar-refractivity contribution is -0.384. The summed E-state index contributed by atoms with van der Waals surface area (Å²) in [6.07, 6.45) is 9.12. The van der Waals surface area contributed by atoms with Crippen molar-refractivity contribution in [3.63, 3.8) is 0 Å². The minimum absolute atomic E-state index is 0.110. The minimum Gasteiger partial charge on any atom is -0.348 e. The number of fused-ring (bicyclic) bond motifs is 2. The molecule has 0 radical (unpaired) electrons. The topological polar surface area (TPSA) is 62.5 Å². The standard InChI is InChI=1S/C17H22N4O2/c22-21(23)16-2-1-5-18-17(16)20-8-6-19(7-9-20)12-15-11-13-3-4-14(15)10-13/h1-5,13-15H,6-12H2. The van der Waals surface area contributed by atoms with Crippen molar-refractivity contribution in [3.05, 3.63) is 40.6 Å². The van der Waals surface area contributed by atoms with Crippen LogP contribution in [0, 0.1) is 27.9 Å². The van der Waals surface area contributed by atoms with Crippen molar-refractivity contribution >= 4 is 11.5 Å². The molecule has 2 aliphatic carbocycles. The van der Waals surface area contributed by atoms with Crippen LogP contribution >= 0.6 is 0 Å². The number of rotatable bonds is 4. The maximum absolute atomic E-state index is 11.2. The van der Waals surface area contributed by atoms with Gasteiger partial charge in [0, 0.05) is 45.0 Å². The Kier molecular flexibility index (Phi) is 3.77. The van der Waals surface area contributed by atoms with Crippen LogP contribution in [-0.4, -0.2) is 47.5 Å². The molecule has 1 aromatic rings. The molecule has 0 amide bonds. The normalized spacial score (nSPS) is 30.1. The molecule has 3 aliphatic rings. The predicted octanol–water partition coefficient (Wildman–Crippen LogP) is 2.32. The molecule has 6 nitrogen and oxygen atoms in total. The van der Waals surface area contributed by atoms with Crippen LogP contribution in [0.1, 0.15) is 12.8 Å². The molecule has 3 unspecified atom stereocenters. The third-order valence-corrected chi connectivity index (χ3v) is 5.54. The number of anilines is 1. The first kappa shape index (κ1) is 14.6. The molecular weight excluding hydrogens is 292 g/mol. The molecule has 2 bridgehead atoms. The molecule has 4 rings (SSSR count). The quantitative estimate of drug-likeness (QED) is 0.485. The van der Waals surface area contributed by atoms with Crippen molar-refractivity contribution in [2.24, 2.45) is 17.8 Å². The Morgan fingerprint density at radius 1 is 1.22 bits per heavy atom. The molecule has 0 N–H and O–H groups in total. The summed E-state index contributed by atoms with van der Waals surface area (Å²) in [5.74, 6) is 2.93. The fraction of sp³-hybridized carbons (Fsp3) is 0.588. The van der Waals surface area contributed by atoms with Crippen LogP contribution in [0.2, 0.25) is 0 Å². The average Bonchev–Trinajstić information content (AvgIpc) is 3.18. The first-order valence-electron chi connectivity index (χ1n) is 8.46. The number of piperazine rings is 1. The fourth-order valence-electron chi connectivity index (χ4n) is 4.35. The molecule has 1 saturated heterocycles.